The van der Waals surface area contributed by atoms with Crippen molar-refractivity contribution in [2.75, 3.05) is 18.0 Å². The van der Waals surface area contributed by atoms with Crippen LogP contribution in [0.5, 0.6) is 0 Å². The van der Waals surface area contributed by atoms with Gasteiger partial charge in [-0.05, 0) is 42.7 Å². The van der Waals surface area contributed by atoms with Crippen LogP contribution in [-0.4, -0.2) is 30.1 Å². The zero-order chi connectivity index (χ0) is 19.4. The second-order valence-electron chi connectivity index (χ2n) is 6.64. The molecule has 0 atom stereocenters. The number of hydrogen-bond acceptors (Lipinski definition) is 3. The first-order valence-electron chi connectivity index (χ1n) is 8.78. The van der Waals surface area contributed by atoms with Crippen LogP contribution in [0.15, 0.2) is 54.6 Å². The third-order valence-corrected chi connectivity index (χ3v) is 4.89. The molecule has 1 aliphatic rings. The highest BCUT2D eigenvalue weighted by Crippen LogP contribution is 2.30. The number of carbonyl (C=O) groups is 1. The minimum atomic E-state index is -4.35. The molecule has 0 unspecified atom stereocenters. The van der Waals surface area contributed by atoms with Gasteiger partial charge in [0, 0.05) is 31.4 Å². The van der Waals surface area contributed by atoms with Gasteiger partial charge in [-0.25, -0.2) is 0 Å². The molecule has 2 aromatic carbocycles. The number of benzene rings is 2. The Bertz CT molecular complexity index is 755. The molecule has 0 aliphatic carbocycles. The summed E-state index contributed by atoms with van der Waals surface area (Å²) in [6.45, 7) is 1.24. The van der Waals surface area contributed by atoms with Gasteiger partial charge in [0.1, 0.15) is 6.09 Å². The van der Waals surface area contributed by atoms with Crippen LogP contribution in [0.3, 0.4) is 0 Å². The fraction of sp³-hybridized carbons (Fsp3) is 0.350. The molecular formula is C20H20F3N2O2-. The van der Waals surface area contributed by atoms with E-state index in [-0.39, 0.29) is 6.04 Å². The average molecular weight is 377 g/mol. The number of para-hydroxylation sites is 1. The summed E-state index contributed by atoms with van der Waals surface area (Å²) in [5, 5.41) is 11.0. The Morgan fingerprint density at radius 3 is 2.15 bits per heavy atom. The van der Waals surface area contributed by atoms with E-state index in [1.165, 1.54) is 17.0 Å². The van der Waals surface area contributed by atoms with Gasteiger partial charge in [-0.3, -0.25) is 0 Å². The van der Waals surface area contributed by atoms with Gasteiger partial charge in [0.05, 0.1) is 5.56 Å². The summed E-state index contributed by atoms with van der Waals surface area (Å²) in [4.78, 5) is 14.4. The van der Waals surface area contributed by atoms with E-state index in [1.54, 1.807) is 0 Å². The van der Waals surface area contributed by atoms with Gasteiger partial charge < -0.3 is 19.7 Å². The van der Waals surface area contributed by atoms with Gasteiger partial charge in [0.15, 0.2) is 0 Å². The Morgan fingerprint density at radius 2 is 1.63 bits per heavy atom. The molecule has 3 rings (SSSR count). The molecule has 0 spiro atoms. The molecule has 144 valence electrons. The van der Waals surface area contributed by atoms with E-state index in [1.807, 2.05) is 30.3 Å². The second kappa shape index (κ2) is 7.90. The van der Waals surface area contributed by atoms with Crippen molar-refractivity contribution in [2.24, 2.45) is 0 Å². The molecule has 0 aromatic heterocycles. The molecule has 7 heteroatoms. The number of piperidine rings is 1. The first-order valence-corrected chi connectivity index (χ1v) is 8.78. The van der Waals surface area contributed by atoms with Crippen molar-refractivity contribution in [1.82, 2.24) is 4.90 Å². The van der Waals surface area contributed by atoms with E-state index in [4.69, 9.17) is 0 Å². The maximum absolute atomic E-state index is 12.8. The first-order chi connectivity index (χ1) is 12.8. The number of anilines is 1. The van der Waals surface area contributed by atoms with Crippen molar-refractivity contribution in [1.29, 1.82) is 0 Å². The van der Waals surface area contributed by atoms with Gasteiger partial charge in [0.25, 0.3) is 0 Å². The predicted molar refractivity (Wildman–Crippen MR) is 94.1 cm³/mol. The quantitative estimate of drug-likeness (QED) is 0.819. The summed E-state index contributed by atoms with van der Waals surface area (Å²) in [6.07, 6.45) is -4.23. The van der Waals surface area contributed by atoms with Crippen molar-refractivity contribution in [3.8, 4) is 0 Å². The van der Waals surface area contributed by atoms with Crippen LogP contribution in [0.25, 0.3) is 0 Å². The van der Waals surface area contributed by atoms with Gasteiger partial charge in [-0.2, -0.15) is 13.2 Å². The second-order valence-corrected chi connectivity index (χ2v) is 6.64. The number of halogens is 3. The van der Waals surface area contributed by atoms with Crippen molar-refractivity contribution >= 4 is 11.8 Å². The molecule has 27 heavy (non-hydrogen) atoms. The molecule has 0 radical (unpaired) electrons. The number of rotatable bonds is 4. The maximum atomic E-state index is 12.8. The van der Waals surface area contributed by atoms with E-state index >= 15 is 0 Å². The Labute approximate surface area is 155 Å². The van der Waals surface area contributed by atoms with Crippen LogP contribution in [0.2, 0.25) is 0 Å². The summed E-state index contributed by atoms with van der Waals surface area (Å²) in [6, 6.07) is 14.9. The minimum Gasteiger partial charge on any atom is -0.530 e. The van der Waals surface area contributed by atoms with E-state index in [0.29, 0.717) is 32.5 Å². The van der Waals surface area contributed by atoms with E-state index in [2.05, 4.69) is 4.90 Å². The number of alkyl halides is 3. The normalized spacial score (nSPS) is 15.6. The molecule has 4 nitrogen and oxygen atoms in total. The highest BCUT2D eigenvalue weighted by atomic mass is 19.4. The van der Waals surface area contributed by atoms with Crippen molar-refractivity contribution in [3.63, 3.8) is 0 Å². The van der Waals surface area contributed by atoms with Gasteiger partial charge in [0.2, 0.25) is 0 Å². The highest BCUT2D eigenvalue weighted by Gasteiger charge is 2.30. The Hall–Kier alpha value is -2.70. The Kier molecular flexibility index (Phi) is 5.58. The number of carboxylic acid groups (broad SMARTS) is 1. The molecule has 1 heterocycles. The molecule has 2 aromatic rings. The molecule has 1 amide bonds. The standard InChI is InChI=1S/C20H21F3N2O2/c21-20(22,23)16-8-6-15(7-9-16)14-25(17-4-2-1-3-5-17)18-10-12-24(13-11-18)19(26)27/h1-9,18H,10-14H2,(H,26,27)/p-1. The molecule has 0 N–H and O–H groups in total. The summed E-state index contributed by atoms with van der Waals surface area (Å²) in [7, 11) is 0. The van der Waals surface area contributed by atoms with E-state index < -0.39 is 17.8 Å². The largest absolute Gasteiger partial charge is 0.530 e. The zero-order valence-electron chi connectivity index (χ0n) is 14.7. The summed E-state index contributed by atoms with van der Waals surface area (Å²) >= 11 is 0. The number of carbonyl (C=O) groups excluding carboxylic acids is 1. The highest BCUT2D eigenvalue weighted by molar-refractivity contribution is 5.62. The van der Waals surface area contributed by atoms with Crippen molar-refractivity contribution < 1.29 is 23.1 Å². The summed E-state index contributed by atoms with van der Waals surface area (Å²) in [5.74, 6) is 0. The lowest BCUT2D eigenvalue weighted by atomic mass is 10.0. The number of hydrogen-bond donors (Lipinski definition) is 0. The van der Waals surface area contributed by atoms with E-state index in [0.717, 1.165) is 23.4 Å². The monoisotopic (exact) mass is 377 g/mol. The van der Waals surface area contributed by atoms with Crippen molar-refractivity contribution in [2.45, 2.75) is 31.6 Å². The first kappa shape index (κ1) is 19.1. The third-order valence-electron chi connectivity index (χ3n) is 4.89. The molecule has 0 bridgehead atoms. The Balaban J connectivity index is 1.78. The van der Waals surface area contributed by atoms with E-state index in [9.17, 15) is 23.1 Å². The number of nitrogens with zero attached hydrogens (tertiary/aromatic N) is 2. The molecule has 1 fully saturated rings. The number of likely N-dealkylation sites (tertiary alicyclic amines) is 1. The fourth-order valence-electron chi connectivity index (χ4n) is 3.41. The Morgan fingerprint density at radius 1 is 1.04 bits per heavy atom. The zero-order valence-corrected chi connectivity index (χ0v) is 14.7. The third kappa shape index (κ3) is 4.72. The maximum Gasteiger partial charge on any atom is 0.416 e. The van der Waals surface area contributed by atoms with Crippen molar-refractivity contribution in [3.05, 3.63) is 65.7 Å². The molecule has 0 saturated carbocycles. The molecule has 1 saturated heterocycles. The lowest BCUT2D eigenvalue weighted by Crippen LogP contribution is -2.50. The average Bonchev–Trinajstić information content (AvgIpc) is 2.66. The van der Waals surface area contributed by atoms with Crippen LogP contribution < -0.4 is 10.0 Å². The van der Waals surface area contributed by atoms with Crippen LogP contribution in [0, 0.1) is 0 Å². The minimum absolute atomic E-state index is 0.102. The van der Waals surface area contributed by atoms with Gasteiger partial charge >= 0.3 is 6.18 Å². The smallest absolute Gasteiger partial charge is 0.416 e. The number of amides is 1. The summed E-state index contributed by atoms with van der Waals surface area (Å²) in [5.41, 5.74) is 1.07. The molecule has 1 aliphatic heterocycles. The lowest BCUT2D eigenvalue weighted by Gasteiger charge is -2.40. The topological polar surface area (TPSA) is 46.6 Å². The van der Waals surface area contributed by atoms with Crippen LogP contribution >= 0.6 is 0 Å². The lowest BCUT2D eigenvalue weighted by molar-refractivity contribution is -0.266. The molecular weight excluding hydrogens is 357 g/mol. The van der Waals surface area contributed by atoms with Gasteiger partial charge in [-0.15, -0.1) is 0 Å². The van der Waals surface area contributed by atoms with Crippen LogP contribution in [0.4, 0.5) is 23.7 Å². The van der Waals surface area contributed by atoms with Crippen LogP contribution in [-0.2, 0) is 12.7 Å². The SMILES string of the molecule is O=C([O-])N1CCC(N(Cc2ccc(C(F)(F)F)cc2)c2ccccc2)CC1. The fourth-order valence-corrected chi connectivity index (χ4v) is 3.41. The predicted octanol–water partition coefficient (Wildman–Crippen LogP) is 3.52. The summed E-state index contributed by atoms with van der Waals surface area (Å²) < 4.78 is 38.3. The van der Waals surface area contributed by atoms with Crippen LogP contribution in [0.1, 0.15) is 24.0 Å². The van der Waals surface area contributed by atoms with Gasteiger partial charge in [-0.1, -0.05) is 30.3 Å².